The molecular weight excluding hydrogens is 322 g/mol. The zero-order chi connectivity index (χ0) is 18.8. The van der Waals surface area contributed by atoms with Gasteiger partial charge in [0.25, 0.3) is 6.29 Å². The van der Waals surface area contributed by atoms with Crippen LogP contribution in [-0.4, -0.2) is 52.7 Å². The number of carbonyl (C=O) groups is 2. The molecule has 0 rings (SSSR count). The van der Waals surface area contributed by atoms with Gasteiger partial charge in [0.15, 0.2) is 0 Å². The van der Waals surface area contributed by atoms with Gasteiger partial charge in [-0.1, -0.05) is 6.42 Å². The fraction of sp³-hybridized carbons (Fsp3) is 0.857. The van der Waals surface area contributed by atoms with Crippen molar-refractivity contribution in [1.29, 1.82) is 0 Å². The average molecular weight is 349 g/mol. The predicted molar refractivity (Wildman–Crippen MR) is 82.7 cm³/mol. The van der Waals surface area contributed by atoms with Gasteiger partial charge in [-0.05, 0) is 33.6 Å². The Bertz CT molecular complexity index is 435. The molecule has 0 amide bonds. The number of carboxylic acid groups (broad SMARTS) is 1. The summed E-state index contributed by atoms with van der Waals surface area (Å²) in [4.78, 5) is 26.7. The third kappa shape index (κ3) is 12.3. The van der Waals surface area contributed by atoms with Crippen molar-refractivity contribution in [3.8, 4) is 0 Å². The lowest BCUT2D eigenvalue weighted by Gasteiger charge is -2.20. The number of hydrogen-bond acceptors (Lipinski definition) is 7. The predicted octanol–water partition coefficient (Wildman–Crippen LogP) is 2.67. The topological polar surface area (TPSA) is 124 Å². The van der Waals surface area contributed by atoms with E-state index in [1.807, 2.05) is 0 Å². The molecule has 0 saturated heterocycles. The first kappa shape index (κ1) is 21.7. The van der Waals surface area contributed by atoms with Crippen molar-refractivity contribution in [3.63, 3.8) is 0 Å². The number of carboxylic acids is 1. The summed E-state index contributed by atoms with van der Waals surface area (Å²) < 4.78 is 9.70. The molecular formula is C14H27N3O7. The zero-order valence-electron chi connectivity index (χ0n) is 14.9. The highest BCUT2D eigenvalue weighted by molar-refractivity contribution is 5.66. The number of nitrogens with zero attached hydrogens (tertiary/aromatic N) is 3. The molecule has 0 spiro atoms. The zero-order valence-corrected chi connectivity index (χ0v) is 14.9. The molecule has 0 bridgehead atoms. The molecule has 0 radical (unpaired) electrons. The molecule has 1 atom stereocenters. The Hall–Kier alpha value is -2.26. The molecule has 1 unspecified atom stereocenters. The van der Waals surface area contributed by atoms with Crippen LogP contribution < -0.4 is 0 Å². The molecule has 0 aliphatic carbocycles. The van der Waals surface area contributed by atoms with Crippen molar-refractivity contribution in [2.24, 2.45) is 5.28 Å². The lowest BCUT2D eigenvalue weighted by atomic mass is 10.2. The highest BCUT2D eigenvalue weighted by Crippen LogP contribution is 2.09. The van der Waals surface area contributed by atoms with Gasteiger partial charge in [0.2, 0.25) is 5.28 Å². The molecule has 0 heterocycles. The van der Waals surface area contributed by atoms with Crippen LogP contribution in [0.1, 0.15) is 53.4 Å². The van der Waals surface area contributed by atoms with E-state index in [4.69, 9.17) is 19.4 Å². The summed E-state index contributed by atoms with van der Waals surface area (Å²) in [5, 5.41) is 24.7. The van der Waals surface area contributed by atoms with Crippen LogP contribution >= 0.6 is 0 Å². The maximum Gasteiger partial charge on any atom is 0.511 e. The van der Waals surface area contributed by atoms with E-state index in [9.17, 15) is 14.8 Å². The minimum absolute atomic E-state index is 0.109. The van der Waals surface area contributed by atoms with Gasteiger partial charge < -0.3 is 19.8 Å². The van der Waals surface area contributed by atoms with Gasteiger partial charge in [-0.25, -0.2) is 4.79 Å². The monoisotopic (exact) mass is 349 g/mol. The second kappa shape index (κ2) is 10.5. The molecule has 1 N–H and O–H groups in total. The molecule has 24 heavy (non-hydrogen) atoms. The number of unbranched alkanes of at least 4 members (excludes halogenated alkanes) is 2. The van der Waals surface area contributed by atoms with Gasteiger partial charge in [-0.2, -0.15) is 0 Å². The van der Waals surface area contributed by atoms with E-state index in [1.54, 1.807) is 20.8 Å². The number of aliphatic carboxylic acids is 1. The van der Waals surface area contributed by atoms with Crippen LogP contribution in [0.2, 0.25) is 0 Å². The quantitative estimate of drug-likeness (QED) is 0.159. The van der Waals surface area contributed by atoms with E-state index >= 15 is 0 Å². The highest BCUT2D eigenvalue weighted by Gasteiger charge is 2.20. The maximum atomic E-state index is 11.6. The summed E-state index contributed by atoms with van der Waals surface area (Å²) in [5.74, 6) is -0.837. The van der Waals surface area contributed by atoms with E-state index < -0.39 is 24.0 Å². The largest absolute Gasteiger partial charge is 0.569 e. The van der Waals surface area contributed by atoms with E-state index in [2.05, 4.69) is 5.28 Å². The lowest BCUT2D eigenvalue weighted by Crippen LogP contribution is -2.29. The highest BCUT2D eigenvalue weighted by atomic mass is 16.8. The third-order valence-electron chi connectivity index (χ3n) is 2.58. The first-order valence-corrected chi connectivity index (χ1v) is 7.68. The average Bonchev–Trinajstić information content (AvgIpc) is 2.41. The van der Waals surface area contributed by atoms with Crippen molar-refractivity contribution >= 4 is 12.1 Å². The van der Waals surface area contributed by atoms with Gasteiger partial charge >= 0.3 is 12.1 Å². The summed E-state index contributed by atoms with van der Waals surface area (Å²) in [6.07, 6.45) is -0.0191. The Balaban J connectivity index is 4.05. The number of carbonyl (C=O) groups excluding carboxylic acids is 1. The Labute approximate surface area is 141 Å². The van der Waals surface area contributed by atoms with Crippen molar-refractivity contribution in [3.05, 3.63) is 5.21 Å². The molecule has 0 aromatic heterocycles. The van der Waals surface area contributed by atoms with Gasteiger partial charge in [0.1, 0.15) is 5.60 Å². The van der Waals surface area contributed by atoms with Crippen LogP contribution in [0.25, 0.3) is 0 Å². The van der Waals surface area contributed by atoms with Gasteiger partial charge in [0, 0.05) is 13.3 Å². The van der Waals surface area contributed by atoms with Gasteiger partial charge in [-0.15, -0.1) is 5.01 Å². The Morgan fingerprint density at radius 1 is 1.29 bits per heavy atom. The molecule has 0 saturated carbocycles. The lowest BCUT2D eigenvalue weighted by molar-refractivity contribution is -0.707. The Morgan fingerprint density at radius 3 is 2.46 bits per heavy atom. The second-order valence-corrected chi connectivity index (χ2v) is 6.18. The van der Waals surface area contributed by atoms with Crippen LogP contribution in [-0.2, 0) is 19.1 Å². The molecule has 0 aliphatic heterocycles. The standard InChI is InChI=1S/C14H27N3O7/c1-11(22-13(20)23-14(2,3)4)24-15-17(21)16(5)10-8-6-7-9-12(18)19/h11H,6-10H2,1-5H3,(H,18,19). The van der Waals surface area contributed by atoms with Crippen LogP contribution in [0.4, 0.5) is 4.79 Å². The van der Waals surface area contributed by atoms with E-state index in [-0.39, 0.29) is 11.4 Å². The summed E-state index contributed by atoms with van der Waals surface area (Å²) in [6, 6.07) is 0. The molecule has 0 fully saturated rings. The Morgan fingerprint density at radius 2 is 1.92 bits per heavy atom. The first-order valence-electron chi connectivity index (χ1n) is 7.68. The molecule has 0 aromatic rings. The van der Waals surface area contributed by atoms with Crippen LogP contribution in [0.3, 0.4) is 0 Å². The fourth-order valence-corrected chi connectivity index (χ4v) is 1.48. The molecule has 0 aromatic carbocycles. The number of hydrogen-bond donors (Lipinski definition) is 1. The molecule has 10 heteroatoms. The van der Waals surface area contributed by atoms with Crippen molar-refractivity contribution in [2.75, 3.05) is 13.6 Å². The maximum absolute atomic E-state index is 11.6. The van der Waals surface area contributed by atoms with Crippen LogP contribution in [0.15, 0.2) is 5.28 Å². The minimum atomic E-state index is -1.08. The van der Waals surface area contributed by atoms with Crippen molar-refractivity contribution < 1.29 is 34.0 Å². The third-order valence-corrected chi connectivity index (χ3v) is 2.58. The van der Waals surface area contributed by atoms with Gasteiger partial charge in [0.05, 0.1) is 18.6 Å². The SMILES string of the molecule is CC(ON=[N+]([O-])N(C)CCCCCC(=O)O)OC(=O)OC(C)(C)C. The van der Waals surface area contributed by atoms with Crippen LogP contribution in [0, 0.1) is 5.21 Å². The van der Waals surface area contributed by atoms with Gasteiger partial charge in [-0.3, -0.25) is 9.63 Å². The van der Waals surface area contributed by atoms with E-state index in [1.165, 1.54) is 19.0 Å². The summed E-state index contributed by atoms with van der Waals surface area (Å²) in [5.41, 5.74) is -0.695. The van der Waals surface area contributed by atoms with Crippen molar-refractivity contribution in [1.82, 2.24) is 5.01 Å². The summed E-state index contributed by atoms with van der Waals surface area (Å²) in [7, 11) is 1.51. The van der Waals surface area contributed by atoms with Crippen LogP contribution in [0.5, 0.6) is 0 Å². The Kier molecular flexibility index (Phi) is 9.51. The molecule has 10 nitrogen and oxygen atoms in total. The minimum Gasteiger partial charge on any atom is -0.569 e. The summed E-state index contributed by atoms with van der Waals surface area (Å²) in [6.45, 7) is 6.85. The summed E-state index contributed by atoms with van der Waals surface area (Å²) >= 11 is 0. The van der Waals surface area contributed by atoms with Crippen molar-refractivity contribution in [2.45, 2.75) is 65.3 Å². The molecule has 0 aliphatic rings. The number of rotatable bonds is 10. The normalized spacial score (nSPS) is 13.1. The number of hydrazine groups is 1. The first-order chi connectivity index (χ1) is 11.0. The smallest absolute Gasteiger partial charge is 0.511 e. The van der Waals surface area contributed by atoms with E-state index in [0.29, 0.717) is 25.8 Å². The second-order valence-electron chi connectivity index (χ2n) is 6.18. The van der Waals surface area contributed by atoms with E-state index in [0.717, 1.165) is 0 Å². The number of ether oxygens (including phenoxy) is 2. The molecule has 140 valence electrons. The fourth-order valence-electron chi connectivity index (χ4n) is 1.48.